The van der Waals surface area contributed by atoms with Crippen molar-refractivity contribution in [1.82, 2.24) is 10.2 Å². The lowest BCUT2D eigenvalue weighted by molar-refractivity contribution is -0.141. The van der Waals surface area contributed by atoms with Gasteiger partial charge in [-0.05, 0) is 43.0 Å². The molecule has 0 saturated carbocycles. The normalized spacial score (nSPS) is 23.5. The lowest BCUT2D eigenvalue weighted by Gasteiger charge is -2.20. The Bertz CT molecular complexity index is 608. The van der Waals surface area contributed by atoms with Gasteiger partial charge in [-0.2, -0.15) is 0 Å². The third kappa shape index (κ3) is 3.77. The Morgan fingerprint density at radius 3 is 2.58 bits per heavy atom. The monoisotopic (exact) mass is 335 g/mol. The van der Waals surface area contributed by atoms with E-state index >= 15 is 0 Å². The van der Waals surface area contributed by atoms with Crippen LogP contribution in [-0.4, -0.2) is 54.7 Å². The summed E-state index contributed by atoms with van der Waals surface area (Å²) in [5.41, 5.74) is 0.995. The number of aliphatic carboxylic acids is 1. The van der Waals surface area contributed by atoms with E-state index in [4.69, 9.17) is 5.11 Å². The van der Waals surface area contributed by atoms with Gasteiger partial charge in [0, 0.05) is 38.4 Å². The number of carboxylic acid groups (broad SMARTS) is 1. The first-order valence-electron chi connectivity index (χ1n) is 8.29. The Kier molecular flexibility index (Phi) is 4.87. The molecular formula is C17H22FN3O3. The highest BCUT2D eigenvalue weighted by Crippen LogP contribution is 2.24. The van der Waals surface area contributed by atoms with Crippen LogP contribution in [0.4, 0.5) is 14.9 Å². The molecular weight excluding hydrogens is 313 g/mol. The second-order valence-corrected chi connectivity index (χ2v) is 6.53. The van der Waals surface area contributed by atoms with Crippen molar-refractivity contribution in [3.05, 3.63) is 30.1 Å². The number of nitrogens with zero attached hydrogens (tertiary/aromatic N) is 2. The lowest BCUT2D eigenvalue weighted by Crippen LogP contribution is -2.41. The van der Waals surface area contributed by atoms with Crippen LogP contribution in [0.2, 0.25) is 0 Å². The van der Waals surface area contributed by atoms with Crippen LogP contribution in [0.25, 0.3) is 0 Å². The Labute approximate surface area is 140 Å². The second-order valence-electron chi connectivity index (χ2n) is 6.53. The molecule has 7 heteroatoms. The number of halogens is 1. The molecule has 2 heterocycles. The fourth-order valence-electron chi connectivity index (χ4n) is 3.38. The fraction of sp³-hybridized carbons (Fsp3) is 0.529. The van der Waals surface area contributed by atoms with E-state index in [0.717, 1.165) is 25.2 Å². The van der Waals surface area contributed by atoms with Gasteiger partial charge >= 0.3 is 12.0 Å². The summed E-state index contributed by atoms with van der Waals surface area (Å²) < 4.78 is 13.0. The molecule has 0 aromatic heterocycles. The van der Waals surface area contributed by atoms with Crippen LogP contribution < -0.4 is 10.2 Å². The molecule has 6 nitrogen and oxygen atoms in total. The van der Waals surface area contributed by atoms with E-state index in [0.29, 0.717) is 25.4 Å². The Balaban J connectivity index is 1.44. The zero-order valence-corrected chi connectivity index (χ0v) is 13.4. The summed E-state index contributed by atoms with van der Waals surface area (Å²) in [6.07, 6.45) is 1.49. The number of urea groups is 1. The first-order chi connectivity index (χ1) is 11.5. The van der Waals surface area contributed by atoms with Crippen molar-refractivity contribution < 1.29 is 19.1 Å². The van der Waals surface area contributed by atoms with Gasteiger partial charge in [0.2, 0.25) is 0 Å². The summed E-state index contributed by atoms with van der Waals surface area (Å²) in [6.45, 7) is 3.06. The van der Waals surface area contributed by atoms with E-state index < -0.39 is 11.9 Å². The summed E-state index contributed by atoms with van der Waals surface area (Å²) in [7, 11) is 0. The molecule has 1 aromatic rings. The van der Waals surface area contributed by atoms with E-state index in [-0.39, 0.29) is 18.4 Å². The fourth-order valence-corrected chi connectivity index (χ4v) is 3.38. The zero-order valence-electron chi connectivity index (χ0n) is 13.4. The van der Waals surface area contributed by atoms with Crippen molar-refractivity contribution in [2.24, 2.45) is 11.8 Å². The number of carbonyl (C=O) groups excluding carboxylic acids is 1. The highest BCUT2D eigenvalue weighted by molar-refractivity contribution is 5.77. The van der Waals surface area contributed by atoms with Crippen molar-refractivity contribution in [1.29, 1.82) is 0 Å². The standard InChI is InChI=1S/C17H22FN3O3/c18-14-1-3-15(4-2-14)20-7-5-12(10-20)9-19-17(24)21-8-6-13(11-21)16(22)23/h1-4,12-13H,5-11H2,(H,19,24)(H,22,23). The number of hydrogen-bond donors (Lipinski definition) is 2. The largest absolute Gasteiger partial charge is 0.481 e. The van der Waals surface area contributed by atoms with Gasteiger partial charge in [0.25, 0.3) is 0 Å². The summed E-state index contributed by atoms with van der Waals surface area (Å²) >= 11 is 0. The molecule has 3 rings (SSSR count). The molecule has 2 saturated heterocycles. The van der Waals surface area contributed by atoms with E-state index in [9.17, 15) is 14.0 Å². The van der Waals surface area contributed by atoms with E-state index in [1.54, 1.807) is 17.0 Å². The van der Waals surface area contributed by atoms with Crippen molar-refractivity contribution in [2.75, 3.05) is 37.6 Å². The van der Waals surface area contributed by atoms with Gasteiger partial charge in [-0.25, -0.2) is 9.18 Å². The van der Waals surface area contributed by atoms with Crippen LogP contribution in [0.5, 0.6) is 0 Å². The smallest absolute Gasteiger partial charge is 0.317 e. The van der Waals surface area contributed by atoms with Gasteiger partial charge in [0.15, 0.2) is 0 Å². The Hall–Kier alpha value is -2.31. The van der Waals surface area contributed by atoms with Crippen molar-refractivity contribution >= 4 is 17.7 Å². The van der Waals surface area contributed by atoms with Gasteiger partial charge in [0.1, 0.15) is 5.82 Å². The molecule has 2 unspecified atom stereocenters. The number of hydrogen-bond acceptors (Lipinski definition) is 3. The molecule has 0 radical (unpaired) electrons. The minimum Gasteiger partial charge on any atom is -0.481 e. The molecule has 2 N–H and O–H groups in total. The number of carbonyl (C=O) groups is 2. The Morgan fingerprint density at radius 2 is 1.92 bits per heavy atom. The van der Waals surface area contributed by atoms with Gasteiger partial charge in [-0.15, -0.1) is 0 Å². The molecule has 2 aliphatic rings. The topological polar surface area (TPSA) is 72.9 Å². The zero-order chi connectivity index (χ0) is 17.1. The molecule has 24 heavy (non-hydrogen) atoms. The molecule has 2 fully saturated rings. The maximum Gasteiger partial charge on any atom is 0.317 e. The average Bonchev–Trinajstić information content (AvgIpc) is 3.23. The van der Waals surface area contributed by atoms with Crippen LogP contribution >= 0.6 is 0 Å². The molecule has 0 spiro atoms. The summed E-state index contributed by atoms with van der Waals surface area (Å²) in [5.74, 6) is -1.18. The SMILES string of the molecule is O=C(O)C1CCN(C(=O)NCC2CCN(c3ccc(F)cc3)C2)C1. The first kappa shape index (κ1) is 16.5. The summed E-state index contributed by atoms with van der Waals surface area (Å²) in [4.78, 5) is 26.8. The quantitative estimate of drug-likeness (QED) is 0.879. The van der Waals surface area contributed by atoms with Crippen LogP contribution in [0.1, 0.15) is 12.8 Å². The van der Waals surface area contributed by atoms with Gasteiger partial charge < -0.3 is 20.2 Å². The summed E-state index contributed by atoms with van der Waals surface area (Å²) in [6, 6.07) is 6.27. The van der Waals surface area contributed by atoms with Crippen LogP contribution in [0.3, 0.4) is 0 Å². The number of benzene rings is 1. The number of rotatable bonds is 4. The molecule has 1 aromatic carbocycles. The third-order valence-electron chi connectivity index (χ3n) is 4.84. The number of anilines is 1. The van der Waals surface area contributed by atoms with Crippen LogP contribution in [-0.2, 0) is 4.79 Å². The lowest BCUT2D eigenvalue weighted by atomic mass is 10.1. The molecule has 2 aliphatic heterocycles. The maximum atomic E-state index is 13.0. The number of amides is 2. The number of likely N-dealkylation sites (tertiary alicyclic amines) is 1. The second kappa shape index (κ2) is 7.07. The van der Waals surface area contributed by atoms with Crippen molar-refractivity contribution in [2.45, 2.75) is 12.8 Å². The first-order valence-corrected chi connectivity index (χ1v) is 8.29. The minimum atomic E-state index is -0.837. The van der Waals surface area contributed by atoms with Gasteiger partial charge in [-0.1, -0.05) is 0 Å². The molecule has 130 valence electrons. The minimum absolute atomic E-state index is 0.181. The highest BCUT2D eigenvalue weighted by Gasteiger charge is 2.31. The van der Waals surface area contributed by atoms with Crippen LogP contribution in [0.15, 0.2) is 24.3 Å². The average molecular weight is 335 g/mol. The molecule has 0 bridgehead atoms. The van der Waals surface area contributed by atoms with Crippen LogP contribution in [0, 0.1) is 17.7 Å². The van der Waals surface area contributed by atoms with Gasteiger partial charge in [0.05, 0.1) is 5.92 Å². The predicted octanol–water partition coefficient (Wildman–Crippen LogP) is 1.77. The molecule has 2 atom stereocenters. The third-order valence-corrected chi connectivity index (χ3v) is 4.84. The van der Waals surface area contributed by atoms with Crippen molar-refractivity contribution in [3.63, 3.8) is 0 Å². The molecule has 2 amide bonds. The van der Waals surface area contributed by atoms with Crippen molar-refractivity contribution in [3.8, 4) is 0 Å². The highest BCUT2D eigenvalue weighted by atomic mass is 19.1. The van der Waals surface area contributed by atoms with E-state index in [1.165, 1.54) is 12.1 Å². The predicted molar refractivity (Wildman–Crippen MR) is 87.4 cm³/mol. The van der Waals surface area contributed by atoms with E-state index in [1.807, 2.05) is 0 Å². The van der Waals surface area contributed by atoms with E-state index in [2.05, 4.69) is 10.2 Å². The number of nitrogens with one attached hydrogen (secondary N) is 1. The Morgan fingerprint density at radius 1 is 1.17 bits per heavy atom. The maximum absolute atomic E-state index is 13.0. The number of carboxylic acids is 1. The summed E-state index contributed by atoms with van der Waals surface area (Å²) in [5, 5.41) is 11.9. The van der Waals surface area contributed by atoms with Gasteiger partial charge in [-0.3, -0.25) is 4.79 Å². The molecule has 0 aliphatic carbocycles.